The second-order valence-electron chi connectivity index (χ2n) is 8.06. The molecule has 1 aromatic heterocycles. The lowest BCUT2D eigenvalue weighted by Crippen LogP contribution is -2.55. The molecule has 2 fully saturated rings. The van der Waals surface area contributed by atoms with Crippen LogP contribution in [0, 0.1) is 5.82 Å². The summed E-state index contributed by atoms with van der Waals surface area (Å²) in [7, 11) is -1.60. The summed E-state index contributed by atoms with van der Waals surface area (Å²) >= 11 is 0. The minimum absolute atomic E-state index is 0.0895. The molecule has 2 aliphatic rings. The minimum atomic E-state index is -3.24. The highest BCUT2D eigenvalue weighted by Crippen LogP contribution is 2.24. The lowest BCUT2D eigenvalue weighted by atomic mass is 9.99. The van der Waals surface area contributed by atoms with E-state index in [1.165, 1.54) is 29.5 Å². The van der Waals surface area contributed by atoms with Gasteiger partial charge >= 0.3 is 0 Å². The van der Waals surface area contributed by atoms with E-state index in [2.05, 4.69) is 9.88 Å². The standard InChI is InChI=1S/C20H31FN4O4S/c1-23(20(26)19-18(21)6-3-9-22-19)11-12-25(16-7-13-29-14-8-16)17-5-4-10-24(15-17)30(2,27)28/h3,6,9,16-17H,4-5,7-8,10-15H2,1-2H3. The van der Waals surface area contributed by atoms with Crippen LogP contribution in [0.15, 0.2) is 18.3 Å². The molecule has 30 heavy (non-hydrogen) atoms. The number of hydrogen-bond acceptors (Lipinski definition) is 6. The van der Waals surface area contributed by atoms with Gasteiger partial charge in [0.1, 0.15) is 0 Å². The Morgan fingerprint density at radius 2 is 2.00 bits per heavy atom. The van der Waals surface area contributed by atoms with Gasteiger partial charge in [-0.25, -0.2) is 22.1 Å². The summed E-state index contributed by atoms with van der Waals surface area (Å²) < 4.78 is 45.1. The van der Waals surface area contributed by atoms with Crippen molar-refractivity contribution in [1.29, 1.82) is 0 Å². The van der Waals surface area contributed by atoms with Crippen molar-refractivity contribution in [3.63, 3.8) is 0 Å². The van der Waals surface area contributed by atoms with Gasteiger partial charge in [-0.05, 0) is 37.8 Å². The van der Waals surface area contributed by atoms with Crippen molar-refractivity contribution in [1.82, 2.24) is 19.1 Å². The molecule has 3 heterocycles. The first-order valence-electron chi connectivity index (χ1n) is 10.4. The lowest BCUT2D eigenvalue weighted by molar-refractivity contribution is 0.00314. The van der Waals surface area contributed by atoms with E-state index in [9.17, 15) is 17.6 Å². The summed E-state index contributed by atoms with van der Waals surface area (Å²) in [5, 5.41) is 0. The highest BCUT2D eigenvalue weighted by molar-refractivity contribution is 7.88. The van der Waals surface area contributed by atoms with E-state index in [1.807, 2.05) is 0 Å². The van der Waals surface area contributed by atoms with E-state index in [1.54, 1.807) is 11.4 Å². The number of sulfonamides is 1. The summed E-state index contributed by atoms with van der Waals surface area (Å²) in [6.07, 6.45) is 6.13. The maximum absolute atomic E-state index is 13.9. The van der Waals surface area contributed by atoms with Crippen LogP contribution in [0.2, 0.25) is 0 Å². The number of hydrogen-bond donors (Lipinski definition) is 0. The van der Waals surface area contributed by atoms with Gasteiger partial charge in [0.15, 0.2) is 11.5 Å². The Hall–Kier alpha value is -1.62. The fourth-order valence-electron chi connectivity index (χ4n) is 4.26. The van der Waals surface area contributed by atoms with Crippen LogP contribution in [0.1, 0.15) is 36.2 Å². The van der Waals surface area contributed by atoms with Crippen LogP contribution >= 0.6 is 0 Å². The largest absolute Gasteiger partial charge is 0.381 e. The van der Waals surface area contributed by atoms with E-state index in [-0.39, 0.29) is 17.8 Å². The van der Waals surface area contributed by atoms with E-state index in [4.69, 9.17) is 4.74 Å². The number of amides is 1. The van der Waals surface area contributed by atoms with Crippen molar-refractivity contribution in [2.24, 2.45) is 0 Å². The molecule has 0 radical (unpaired) electrons. The molecule has 0 saturated carbocycles. The third-order valence-corrected chi connectivity index (χ3v) is 7.23. The second-order valence-corrected chi connectivity index (χ2v) is 10.0. The summed E-state index contributed by atoms with van der Waals surface area (Å²) in [6.45, 7) is 3.36. The van der Waals surface area contributed by atoms with Crippen LogP contribution in [0.5, 0.6) is 0 Å². The van der Waals surface area contributed by atoms with Gasteiger partial charge in [-0.15, -0.1) is 0 Å². The van der Waals surface area contributed by atoms with Gasteiger partial charge < -0.3 is 9.64 Å². The van der Waals surface area contributed by atoms with Crippen LogP contribution in [-0.4, -0.2) is 98.2 Å². The fraction of sp³-hybridized carbons (Fsp3) is 0.700. The van der Waals surface area contributed by atoms with Gasteiger partial charge in [0.25, 0.3) is 5.91 Å². The number of likely N-dealkylation sites (N-methyl/N-ethyl adjacent to an activating group) is 1. The molecule has 0 N–H and O–H groups in total. The first kappa shape index (κ1) is 23.1. The molecule has 168 valence electrons. The number of aromatic nitrogens is 1. The Balaban J connectivity index is 1.70. The molecule has 1 unspecified atom stereocenters. The van der Waals surface area contributed by atoms with Gasteiger partial charge in [0, 0.05) is 64.7 Å². The maximum atomic E-state index is 13.9. The Labute approximate surface area is 178 Å². The average Bonchev–Trinajstić information content (AvgIpc) is 2.74. The zero-order valence-corrected chi connectivity index (χ0v) is 18.5. The number of nitrogens with zero attached hydrogens (tertiary/aromatic N) is 4. The number of carbonyl (C=O) groups excluding carboxylic acids is 1. The Bertz CT molecular complexity index is 832. The summed E-state index contributed by atoms with van der Waals surface area (Å²) in [5.74, 6) is -1.09. The molecule has 10 heteroatoms. The quantitative estimate of drug-likeness (QED) is 0.631. The van der Waals surface area contributed by atoms with Crippen molar-refractivity contribution < 1.29 is 22.3 Å². The van der Waals surface area contributed by atoms with Crippen molar-refractivity contribution >= 4 is 15.9 Å². The summed E-state index contributed by atoms with van der Waals surface area (Å²) in [4.78, 5) is 20.3. The molecule has 2 saturated heterocycles. The van der Waals surface area contributed by atoms with E-state index in [0.717, 1.165) is 25.7 Å². The molecule has 1 aromatic rings. The smallest absolute Gasteiger partial charge is 0.275 e. The molecule has 1 atom stereocenters. The molecule has 3 rings (SSSR count). The van der Waals surface area contributed by atoms with Crippen molar-refractivity contribution in [3.8, 4) is 0 Å². The van der Waals surface area contributed by atoms with Crippen LogP contribution in [0.3, 0.4) is 0 Å². The van der Waals surface area contributed by atoms with Crippen LogP contribution < -0.4 is 0 Å². The van der Waals surface area contributed by atoms with Gasteiger partial charge in [-0.1, -0.05) is 0 Å². The SMILES string of the molecule is CN(CCN(C1CCOCC1)C1CCCN(S(C)(=O)=O)C1)C(=O)c1ncccc1F. The number of carbonyl (C=O) groups is 1. The minimum Gasteiger partial charge on any atom is -0.381 e. The van der Waals surface area contributed by atoms with E-state index < -0.39 is 21.7 Å². The molecule has 0 aromatic carbocycles. The Morgan fingerprint density at radius 3 is 2.67 bits per heavy atom. The molecular weight excluding hydrogens is 411 g/mol. The van der Waals surface area contributed by atoms with E-state index >= 15 is 0 Å². The van der Waals surface area contributed by atoms with Crippen LogP contribution in [0.25, 0.3) is 0 Å². The number of piperidine rings is 1. The summed E-state index contributed by atoms with van der Waals surface area (Å²) in [6, 6.07) is 3.05. The Morgan fingerprint density at radius 1 is 1.27 bits per heavy atom. The molecule has 0 bridgehead atoms. The number of halogens is 1. The monoisotopic (exact) mass is 442 g/mol. The third kappa shape index (κ3) is 5.75. The normalized spacial score (nSPS) is 21.7. The van der Waals surface area contributed by atoms with Crippen molar-refractivity contribution in [2.45, 2.75) is 37.8 Å². The van der Waals surface area contributed by atoms with Crippen molar-refractivity contribution in [3.05, 3.63) is 29.8 Å². The zero-order valence-electron chi connectivity index (χ0n) is 17.7. The summed E-state index contributed by atoms with van der Waals surface area (Å²) in [5.41, 5.74) is -0.182. The third-order valence-electron chi connectivity index (χ3n) is 5.96. The van der Waals surface area contributed by atoms with Crippen LogP contribution in [0.4, 0.5) is 4.39 Å². The predicted molar refractivity (Wildman–Crippen MR) is 111 cm³/mol. The molecule has 8 nitrogen and oxygen atoms in total. The number of ether oxygens (including phenoxy) is 1. The predicted octanol–water partition coefficient (Wildman–Crippen LogP) is 1.20. The second kappa shape index (κ2) is 10.1. The molecule has 0 aliphatic carbocycles. The topological polar surface area (TPSA) is 83.0 Å². The maximum Gasteiger partial charge on any atom is 0.275 e. The van der Waals surface area contributed by atoms with Gasteiger partial charge in [-0.3, -0.25) is 9.69 Å². The molecule has 0 spiro atoms. The number of pyridine rings is 1. The van der Waals surface area contributed by atoms with Gasteiger partial charge in [0.05, 0.1) is 6.26 Å². The van der Waals surface area contributed by atoms with E-state index in [0.29, 0.717) is 39.4 Å². The van der Waals surface area contributed by atoms with Gasteiger partial charge in [-0.2, -0.15) is 0 Å². The Kier molecular flexibility index (Phi) is 7.78. The lowest BCUT2D eigenvalue weighted by Gasteiger charge is -2.44. The highest BCUT2D eigenvalue weighted by atomic mass is 32.2. The zero-order chi connectivity index (χ0) is 21.7. The fourth-order valence-corrected chi connectivity index (χ4v) is 5.17. The van der Waals surface area contributed by atoms with Crippen molar-refractivity contribution in [2.75, 3.05) is 52.7 Å². The first-order valence-corrected chi connectivity index (χ1v) is 12.3. The first-order chi connectivity index (χ1) is 14.3. The average molecular weight is 443 g/mol. The molecule has 2 aliphatic heterocycles. The highest BCUT2D eigenvalue weighted by Gasteiger charge is 2.34. The number of rotatable bonds is 7. The molecule has 1 amide bonds. The van der Waals surface area contributed by atoms with Gasteiger partial charge in [0.2, 0.25) is 10.0 Å². The molecular formula is C20H31FN4O4S. The van der Waals surface area contributed by atoms with Crippen LogP contribution in [-0.2, 0) is 14.8 Å².